The van der Waals surface area contributed by atoms with Crippen molar-refractivity contribution in [2.24, 2.45) is 11.8 Å². The zero-order chi connectivity index (χ0) is 15.7. The number of amides is 1. The van der Waals surface area contributed by atoms with Crippen molar-refractivity contribution >= 4 is 16.8 Å². The minimum atomic E-state index is 0.259. The molecule has 2 heterocycles. The van der Waals surface area contributed by atoms with Gasteiger partial charge in [-0.25, -0.2) is 0 Å². The lowest BCUT2D eigenvalue weighted by atomic mass is 9.92. The van der Waals surface area contributed by atoms with Gasteiger partial charge < -0.3 is 4.90 Å². The van der Waals surface area contributed by atoms with Gasteiger partial charge in [-0.05, 0) is 36.8 Å². The van der Waals surface area contributed by atoms with Gasteiger partial charge in [0.25, 0.3) is 0 Å². The molecule has 1 aliphatic heterocycles. The number of benzene rings is 1. The molecular formula is C18H25N3O. The summed E-state index contributed by atoms with van der Waals surface area (Å²) in [6.45, 7) is 9.02. The summed E-state index contributed by atoms with van der Waals surface area (Å²) in [4.78, 5) is 14.5. The van der Waals surface area contributed by atoms with Crippen molar-refractivity contribution in [1.82, 2.24) is 14.7 Å². The first-order valence-electron chi connectivity index (χ1n) is 8.23. The minimum Gasteiger partial charge on any atom is -0.342 e. The fraction of sp³-hybridized carbons (Fsp3) is 0.556. The standard InChI is InChI=1S/C18H25N3O/c1-13-4-5-16-10-19-21(17(16)9-13)7-6-18(22)20-11-14(2)8-15(3)12-20/h4-5,9-10,14-15H,6-8,11-12H2,1-3H3/t14-,15-/m0/s1. The molecule has 22 heavy (non-hydrogen) atoms. The number of likely N-dealkylation sites (tertiary alicyclic amines) is 1. The van der Waals surface area contributed by atoms with Crippen LogP contribution in [-0.2, 0) is 11.3 Å². The molecular weight excluding hydrogens is 274 g/mol. The van der Waals surface area contributed by atoms with Crippen LogP contribution < -0.4 is 0 Å². The van der Waals surface area contributed by atoms with Crippen molar-refractivity contribution in [3.63, 3.8) is 0 Å². The van der Waals surface area contributed by atoms with Crippen LogP contribution >= 0.6 is 0 Å². The van der Waals surface area contributed by atoms with Gasteiger partial charge in [-0.15, -0.1) is 0 Å². The minimum absolute atomic E-state index is 0.259. The smallest absolute Gasteiger partial charge is 0.224 e. The van der Waals surface area contributed by atoms with Crippen molar-refractivity contribution < 1.29 is 4.79 Å². The van der Waals surface area contributed by atoms with Crippen LogP contribution in [0.3, 0.4) is 0 Å². The second-order valence-corrected chi connectivity index (χ2v) is 6.92. The average molecular weight is 299 g/mol. The lowest BCUT2D eigenvalue weighted by Gasteiger charge is -2.35. The van der Waals surface area contributed by atoms with E-state index in [4.69, 9.17) is 0 Å². The highest BCUT2D eigenvalue weighted by Gasteiger charge is 2.25. The van der Waals surface area contributed by atoms with E-state index in [0.29, 0.717) is 24.8 Å². The molecule has 2 atom stereocenters. The highest BCUT2D eigenvalue weighted by Crippen LogP contribution is 2.22. The number of hydrogen-bond acceptors (Lipinski definition) is 2. The summed E-state index contributed by atoms with van der Waals surface area (Å²) in [6.07, 6.45) is 3.64. The molecule has 4 nitrogen and oxygen atoms in total. The van der Waals surface area contributed by atoms with E-state index in [-0.39, 0.29) is 5.91 Å². The van der Waals surface area contributed by atoms with E-state index in [1.165, 1.54) is 12.0 Å². The second-order valence-electron chi connectivity index (χ2n) is 6.92. The molecule has 1 fully saturated rings. The maximum atomic E-state index is 12.5. The van der Waals surface area contributed by atoms with E-state index >= 15 is 0 Å². The molecule has 1 amide bonds. The molecule has 1 aliphatic rings. The lowest BCUT2D eigenvalue weighted by Crippen LogP contribution is -2.42. The molecule has 4 heteroatoms. The van der Waals surface area contributed by atoms with Crippen molar-refractivity contribution in [3.05, 3.63) is 30.0 Å². The molecule has 1 saturated heterocycles. The van der Waals surface area contributed by atoms with Gasteiger partial charge in [0.2, 0.25) is 5.91 Å². The van der Waals surface area contributed by atoms with Gasteiger partial charge in [0.15, 0.2) is 0 Å². The van der Waals surface area contributed by atoms with Gasteiger partial charge in [0.05, 0.1) is 18.3 Å². The largest absolute Gasteiger partial charge is 0.342 e. The maximum absolute atomic E-state index is 12.5. The van der Waals surface area contributed by atoms with E-state index in [1.54, 1.807) is 0 Å². The van der Waals surface area contributed by atoms with Crippen LogP contribution in [-0.4, -0.2) is 33.7 Å². The number of piperidine rings is 1. The average Bonchev–Trinajstić information content (AvgIpc) is 2.86. The highest BCUT2D eigenvalue weighted by atomic mass is 16.2. The van der Waals surface area contributed by atoms with Crippen molar-refractivity contribution in [2.75, 3.05) is 13.1 Å². The van der Waals surface area contributed by atoms with Crippen LogP contribution in [0.4, 0.5) is 0 Å². The Kier molecular flexibility index (Phi) is 4.19. The molecule has 0 N–H and O–H groups in total. The molecule has 0 unspecified atom stereocenters. The topological polar surface area (TPSA) is 38.1 Å². The van der Waals surface area contributed by atoms with Gasteiger partial charge in [-0.3, -0.25) is 9.48 Å². The number of carbonyl (C=O) groups excluding carboxylic acids is 1. The Morgan fingerprint density at radius 1 is 1.27 bits per heavy atom. The maximum Gasteiger partial charge on any atom is 0.224 e. The Labute approximate surface area is 132 Å². The number of aryl methyl sites for hydroxylation is 2. The Morgan fingerprint density at radius 3 is 2.73 bits per heavy atom. The summed E-state index contributed by atoms with van der Waals surface area (Å²) in [5.74, 6) is 1.48. The van der Waals surface area contributed by atoms with Crippen LogP contribution in [0.1, 0.15) is 32.3 Å². The molecule has 0 aliphatic carbocycles. The first-order chi connectivity index (χ1) is 10.5. The van der Waals surface area contributed by atoms with Gasteiger partial charge >= 0.3 is 0 Å². The SMILES string of the molecule is Cc1ccc2cnn(CCC(=O)N3C[C@@H](C)C[C@H](C)C3)c2c1. The van der Waals surface area contributed by atoms with Gasteiger partial charge in [0, 0.05) is 24.9 Å². The monoisotopic (exact) mass is 299 g/mol. The first-order valence-corrected chi connectivity index (χ1v) is 8.23. The lowest BCUT2D eigenvalue weighted by molar-refractivity contribution is -0.134. The molecule has 0 bridgehead atoms. The predicted octanol–water partition coefficient (Wildman–Crippen LogP) is 3.24. The number of fused-ring (bicyclic) bond motifs is 1. The van der Waals surface area contributed by atoms with E-state index < -0.39 is 0 Å². The number of nitrogens with zero attached hydrogens (tertiary/aromatic N) is 3. The molecule has 1 aromatic carbocycles. The van der Waals surface area contributed by atoms with E-state index in [9.17, 15) is 4.79 Å². The quantitative estimate of drug-likeness (QED) is 0.872. The first kappa shape index (κ1) is 15.1. The molecule has 3 rings (SSSR count). The van der Waals surface area contributed by atoms with Crippen LogP contribution in [0.2, 0.25) is 0 Å². The number of rotatable bonds is 3. The van der Waals surface area contributed by atoms with Gasteiger partial charge in [-0.2, -0.15) is 5.10 Å². The van der Waals surface area contributed by atoms with Crippen LogP contribution in [0.15, 0.2) is 24.4 Å². The molecule has 0 saturated carbocycles. The Balaban J connectivity index is 1.66. The summed E-state index contributed by atoms with van der Waals surface area (Å²) in [5, 5.41) is 5.57. The van der Waals surface area contributed by atoms with Crippen molar-refractivity contribution in [3.8, 4) is 0 Å². The zero-order valence-corrected chi connectivity index (χ0v) is 13.7. The molecule has 118 valence electrons. The van der Waals surface area contributed by atoms with E-state index in [2.05, 4.69) is 44.1 Å². The highest BCUT2D eigenvalue weighted by molar-refractivity contribution is 5.80. The summed E-state index contributed by atoms with van der Waals surface area (Å²) in [7, 11) is 0. The van der Waals surface area contributed by atoms with Gasteiger partial charge in [0.1, 0.15) is 0 Å². The van der Waals surface area contributed by atoms with E-state index in [1.807, 2.05) is 15.8 Å². The van der Waals surface area contributed by atoms with Crippen molar-refractivity contribution in [2.45, 2.75) is 40.2 Å². The third-order valence-corrected chi connectivity index (χ3v) is 4.56. The Hall–Kier alpha value is -1.84. The van der Waals surface area contributed by atoms with Crippen LogP contribution in [0.25, 0.3) is 10.9 Å². The third-order valence-electron chi connectivity index (χ3n) is 4.56. The predicted molar refractivity (Wildman–Crippen MR) is 88.6 cm³/mol. The fourth-order valence-corrected chi connectivity index (χ4v) is 3.58. The second kappa shape index (κ2) is 6.11. The molecule has 2 aromatic rings. The summed E-state index contributed by atoms with van der Waals surface area (Å²) >= 11 is 0. The molecule has 1 aromatic heterocycles. The third kappa shape index (κ3) is 3.16. The van der Waals surface area contributed by atoms with Crippen molar-refractivity contribution in [1.29, 1.82) is 0 Å². The molecule has 0 spiro atoms. The summed E-state index contributed by atoms with van der Waals surface area (Å²) < 4.78 is 1.96. The van der Waals surface area contributed by atoms with Crippen LogP contribution in [0.5, 0.6) is 0 Å². The van der Waals surface area contributed by atoms with E-state index in [0.717, 1.165) is 24.0 Å². The Morgan fingerprint density at radius 2 is 2.00 bits per heavy atom. The fourth-order valence-electron chi connectivity index (χ4n) is 3.58. The van der Waals surface area contributed by atoms with Crippen LogP contribution in [0, 0.1) is 18.8 Å². The number of aromatic nitrogens is 2. The molecule has 0 radical (unpaired) electrons. The Bertz CT molecular complexity index is 666. The number of carbonyl (C=O) groups is 1. The normalized spacial score (nSPS) is 22.2. The van der Waals surface area contributed by atoms with Gasteiger partial charge in [-0.1, -0.05) is 26.0 Å². The summed E-state index contributed by atoms with van der Waals surface area (Å²) in [5.41, 5.74) is 2.34. The summed E-state index contributed by atoms with van der Waals surface area (Å²) in [6, 6.07) is 6.32. The zero-order valence-electron chi connectivity index (χ0n) is 13.7. The number of hydrogen-bond donors (Lipinski definition) is 0.